The number of alkyl halides is 3. The zero-order valence-electron chi connectivity index (χ0n) is 10.1. The summed E-state index contributed by atoms with van der Waals surface area (Å²) in [5.74, 6) is 1.27. The maximum Gasteiger partial charge on any atom is 0.390 e. The summed E-state index contributed by atoms with van der Waals surface area (Å²) >= 11 is 0. The Hall–Kier alpha value is -0.940. The van der Waals surface area contributed by atoms with Crippen LogP contribution in [0.4, 0.5) is 13.2 Å². The predicted molar refractivity (Wildman–Crippen MR) is 62.0 cm³/mol. The van der Waals surface area contributed by atoms with Crippen molar-refractivity contribution in [2.75, 3.05) is 19.6 Å². The quantitative estimate of drug-likeness (QED) is 0.561. The molecule has 0 aliphatic heterocycles. The Morgan fingerprint density at radius 1 is 1.29 bits per heavy atom. The van der Waals surface area contributed by atoms with Gasteiger partial charge in [-0.2, -0.15) is 13.2 Å². The summed E-state index contributed by atoms with van der Waals surface area (Å²) < 4.78 is 35.9. The van der Waals surface area contributed by atoms with Crippen LogP contribution in [0.2, 0.25) is 0 Å². The van der Waals surface area contributed by atoms with Crippen molar-refractivity contribution in [3.8, 4) is 0 Å². The number of aliphatic imine (C=N–C) groups is 1. The Morgan fingerprint density at radius 2 is 2.00 bits per heavy atom. The summed E-state index contributed by atoms with van der Waals surface area (Å²) in [6.07, 6.45) is -1.37. The highest BCUT2D eigenvalue weighted by Gasteiger charge is 2.26. The van der Waals surface area contributed by atoms with Crippen LogP contribution in [0.25, 0.3) is 0 Å². The van der Waals surface area contributed by atoms with Gasteiger partial charge in [-0.25, -0.2) is 0 Å². The number of hydrogen-bond acceptors (Lipinski definition) is 1. The molecule has 0 aromatic rings. The molecule has 0 bridgehead atoms. The van der Waals surface area contributed by atoms with Crippen LogP contribution < -0.4 is 10.6 Å². The largest absolute Gasteiger partial charge is 0.390 e. The molecule has 0 radical (unpaired) electrons. The van der Waals surface area contributed by atoms with Gasteiger partial charge in [-0.05, 0) is 19.3 Å². The number of halogens is 3. The molecule has 1 aliphatic carbocycles. The Bertz CT molecular complexity index is 247. The smallest absolute Gasteiger partial charge is 0.357 e. The molecular weight excluding hydrogens is 231 g/mol. The van der Waals surface area contributed by atoms with E-state index in [1.165, 1.54) is 12.8 Å². The Labute approximate surface area is 99.9 Å². The van der Waals surface area contributed by atoms with E-state index in [-0.39, 0.29) is 6.54 Å². The molecule has 100 valence electrons. The molecule has 0 saturated heterocycles. The minimum absolute atomic E-state index is 0.126. The lowest BCUT2D eigenvalue weighted by Gasteiger charge is -2.12. The molecule has 2 N–H and O–H groups in total. The van der Waals surface area contributed by atoms with Crippen LogP contribution in [0, 0.1) is 5.92 Å². The Kier molecular flexibility index (Phi) is 5.58. The van der Waals surface area contributed by atoms with Gasteiger partial charge in [0, 0.05) is 19.6 Å². The van der Waals surface area contributed by atoms with Crippen molar-refractivity contribution in [2.24, 2.45) is 10.9 Å². The standard InChI is InChI=1S/C11H20F3N3/c1-2-15-10(16-7-5-9-3-4-9)17-8-6-11(12,13)14/h9H,2-8H2,1H3,(H2,15,16,17). The van der Waals surface area contributed by atoms with E-state index in [0.717, 1.165) is 12.3 Å². The zero-order valence-corrected chi connectivity index (χ0v) is 10.1. The van der Waals surface area contributed by atoms with E-state index in [1.54, 1.807) is 0 Å². The zero-order chi connectivity index (χ0) is 12.7. The molecule has 0 amide bonds. The van der Waals surface area contributed by atoms with E-state index < -0.39 is 12.6 Å². The highest BCUT2D eigenvalue weighted by atomic mass is 19.4. The highest BCUT2D eigenvalue weighted by Crippen LogP contribution is 2.32. The lowest BCUT2D eigenvalue weighted by molar-refractivity contribution is -0.132. The Balaban J connectivity index is 2.20. The van der Waals surface area contributed by atoms with Crippen molar-refractivity contribution in [1.82, 2.24) is 10.6 Å². The predicted octanol–water partition coefficient (Wildman–Crippen LogP) is 2.29. The number of hydrogen-bond donors (Lipinski definition) is 2. The van der Waals surface area contributed by atoms with Gasteiger partial charge in [0.15, 0.2) is 5.96 Å². The van der Waals surface area contributed by atoms with Crippen LogP contribution in [0.1, 0.15) is 32.6 Å². The molecule has 0 aromatic carbocycles. The first-order chi connectivity index (χ1) is 8.01. The first-order valence-corrected chi connectivity index (χ1v) is 6.10. The topological polar surface area (TPSA) is 36.4 Å². The van der Waals surface area contributed by atoms with Crippen molar-refractivity contribution in [1.29, 1.82) is 0 Å². The molecule has 6 heteroatoms. The van der Waals surface area contributed by atoms with Crippen molar-refractivity contribution in [2.45, 2.75) is 38.8 Å². The highest BCUT2D eigenvalue weighted by molar-refractivity contribution is 5.79. The molecule has 17 heavy (non-hydrogen) atoms. The molecular formula is C11H20F3N3. The summed E-state index contributed by atoms with van der Waals surface area (Å²) in [6.45, 7) is 3.11. The third kappa shape index (κ3) is 7.88. The van der Waals surface area contributed by atoms with Crippen LogP contribution in [0.15, 0.2) is 4.99 Å². The fourth-order valence-electron chi connectivity index (χ4n) is 1.43. The average molecular weight is 251 g/mol. The van der Waals surface area contributed by atoms with Gasteiger partial charge in [-0.1, -0.05) is 12.8 Å². The molecule has 3 nitrogen and oxygen atoms in total. The maximum atomic E-state index is 12.0. The van der Waals surface area contributed by atoms with Gasteiger partial charge in [0.1, 0.15) is 0 Å². The number of nitrogens with one attached hydrogen (secondary N) is 2. The fraction of sp³-hybridized carbons (Fsp3) is 0.909. The second-order valence-corrected chi connectivity index (χ2v) is 4.28. The van der Waals surface area contributed by atoms with Gasteiger partial charge in [0.05, 0.1) is 6.42 Å². The maximum absolute atomic E-state index is 12.0. The van der Waals surface area contributed by atoms with Gasteiger partial charge in [0.2, 0.25) is 0 Å². The molecule has 1 aliphatic rings. The monoisotopic (exact) mass is 251 g/mol. The second kappa shape index (κ2) is 6.71. The molecule has 0 atom stereocenters. The number of guanidine groups is 1. The van der Waals surface area contributed by atoms with Crippen molar-refractivity contribution in [3.63, 3.8) is 0 Å². The lowest BCUT2D eigenvalue weighted by Crippen LogP contribution is -2.39. The van der Waals surface area contributed by atoms with Crippen LogP contribution in [-0.4, -0.2) is 31.8 Å². The third-order valence-corrected chi connectivity index (χ3v) is 2.55. The summed E-state index contributed by atoms with van der Waals surface area (Å²) in [5, 5.41) is 5.62. The summed E-state index contributed by atoms with van der Waals surface area (Å²) in [7, 11) is 0. The normalized spacial score (nSPS) is 17.1. The number of nitrogens with zero attached hydrogens (tertiary/aromatic N) is 1. The van der Waals surface area contributed by atoms with Gasteiger partial charge >= 0.3 is 6.18 Å². The van der Waals surface area contributed by atoms with Gasteiger partial charge in [0.25, 0.3) is 0 Å². The lowest BCUT2D eigenvalue weighted by atomic mass is 10.3. The van der Waals surface area contributed by atoms with Crippen LogP contribution in [0.5, 0.6) is 0 Å². The second-order valence-electron chi connectivity index (χ2n) is 4.28. The summed E-state index contributed by atoms with van der Waals surface area (Å²) in [5.41, 5.74) is 0. The molecule has 1 rings (SSSR count). The molecule has 0 heterocycles. The van der Waals surface area contributed by atoms with Gasteiger partial charge < -0.3 is 10.6 Å². The van der Waals surface area contributed by atoms with E-state index in [2.05, 4.69) is 15.6 Å². The number of rotatable bonds is 6. The molecule has 0 aromatic heterocycles. The molecule has 1 fully saturated rings. The summed E-state index contributed by atoms with van der Waals surface area (Å²) in [6, 6.07) is 0. The molecule has 0 spiro atoms. The fourth-order valence-corrected chi connectivity index (χ4v) is 1.43. The average Bonchev–Trinajstić information content (AvgIpc) is 2.99. The van der Waals surface area contributed by atoms with E-state index in [4.69, 9.17) is 0 Å². The minimum Gasteiger partial charge on any atom is -0.357 e. The van der Waals surface area contributed by atoms with E-state index in [1.807, 2.05) is 6.92 Å². The van der Waals surface area contributed by atoms with Crippen molar-refractivity contribution in [3.05, 3.63) is 0 Å². The van der Waals surface area contributed by atoms with Crippen LogP contribution in [-0.2, 0) is 0 Å². The van der Waals surface area contributed by atoms with Gasteiger partial charge in [-0.3, -0.25) is 4.99 Å². The van der Waals surface area contributed by atoms with Crippen molar-refractivity contribution < 1.29 is 13.2 Å². The first-order valence-electron chi connectivity index (χ1n) is 6.10. The van der Waals surface area contributed by atoms with Crippen LogP contribution >= 0.6 is 0 Å². The Morgan fingerprint density at radius 3 is 2.53 bits per heavy atom. The third-order valence-electron chi connectivity index (χ3n) is 2.55. The van der Waals surface area contributed by atoms with E-state index >= 15 is 0 Å². The summed E-state index contributed by atoms with van der Waals surface area (Å²) in [4.78, 5) is 4.24. The minimum atomic E-state index is -4.11. The SMILES string of the molecule is CCNC(=NCCC1CC1)NCCC(F)(F)F. The van der Waals surface area contributed by atoms with Gasteiger partial charge in [-0.15, -0.1) is 0 Å². The molecule has 0 unspecified atom stereocenters. The van der Waals surface area contributed by atoms with Crippen molar-refractivity contribution >= 4 is 5.96 Å². The van der Waals surface area contributed by atoms with Crippen LogP contribution in [0.3, 0.4) is 0 Å². The van der Waals surface area contributed by atoms with E-state index in [9.17, 15) is 13.2 Å². The molecule has 1 saturated carbocycles. The first kappa shape index (κ1) is 14.1. The van der Waals surface area contributed by atoms with E-state index in [0.29, 0.717) is 19.0 Å².